The highest BCUT2D eigenvalue weighted by Crippen LogP contribution is 2.35. The normalized spacial score (nSPS) is 29.4. The Morgan fingerprint density at radius 2 is 1.95 bits per heavy atom. The maximum Gasteiger partial charge on any atom is 0.205 e. The summed E-state index contributed by atoms with van der Waals surface area (Å²) in [5, 5.41) is 10.5. The van der Waals surface area contributed by atoms with E-state index in [1.807, 2.05) is 13.8 Å². The number of rotatable bonds is 2. The molecule has 5 nitrogen and oxygen atoms in total. The van der Waals surface area contributed by atoms with Gasteiger partial charge in [-0.25, -0.2) is 0 Å². The number of fused-ring (bicyclic) bond motifs is 1. The molecule has 0 saturated carbocycles. The second-order valence-electron chi connectivity index (χ2n) is 5.99. The van der Waals surface area contributed by atoms with Crippen LogP contribution >= 0.6 is 0 Å². The summed E-state index contributed by atoms with van der Waals surface area (Å²) in [6.45, 7) is 4.07. The van der Waals surface area contributed by atoms with Gasteiger partial charge in [-0.2, -0.15) is 0 Å². The van der Waals surface area contributed by atoms with E-state index in [2.05, 4.69) is 0 Å². The van der Waals surface area contributed by atoms with Gasteiger partial charge in [-0.05, 0) is 24.1 Å². The lowest BCUT2D eigenvalue weighted by atomic mass is 10.1. The average Bonchev–Trinajstić information content (AvgIpc) is 2.45. The largest absolute Gasteiger partial charge is 0.463 e. The first-order valence-electron chi connectivity index (χ1n) is 7.25. The van der Waals surface area contributed by atoms with E-state index in [1.165, 1.54) is 0 Å². The summed E-state index contributed by atoms with van der Waals surface area (Å²) in [5.74, 6) is 1.05. The fourth-order valence-electron chi connectivity index (χ4n) is 2.68. The molecule has 0 unspecified atom stereocenters. The molecule has 1 N–H and O–H groups in total. The molecular formula is C15H20O5S2. The lowest BCUT2D eigenvalue weighted by Crippen LogP contribution is -2.36. The van der Waals surface area contributed by atoms with Crippen LogP contribution in [-0.4, -0.2) is 35.4 Å². The van der Waals surface area contributed by atoms with Crippen molar-refractivity contribution in [1.82, 2.24) is 0 Å². The van der Waals surface area contributed by atoms with Gasteiger partial charge in [0.1, 0.15) is 16.4 Å². The first-order valence-corrected chi connectivity index (χ1v) is 10.0. The van der Waals surface area contributed by atoms with Gasteiger partial charge in [0, 0.05) is 52.5 Å². The maximum atomic E-state index is 12.1. The number of hydrogen-bond acceptors (Lipinski definition) is 5. The molecule has 1 aromatic rings. The molecule has 1 aromatic carbocycles. The predicted octanol–water partition coefficient (Wildman–Crippen LogP) is 1.59. The van der Waals surface area contributed by atoms with Crippen LogP contribution in [0.1, 0.15) is 37.5 Å². The van der Waals surface area contributed by atoms with Gasteiger partial charge in [-0.15, -0.1) is 0 Å². The molecule has 22 heavy (non-hydrogen) atoms. The fourth-order valence-corrected chi connectivity index (χ4v) is 6.61. The minimum Gasteiger partial charge on any atom is -0.463 e. The highest BCUT2D eigenvalue weighted by molar-refractivity contribution is 8.03. The van der Waals surface area contributed by atoms with E-state index in [0.717, 1.165) is 11.3 Å². The molecule has 0 aromatic heterocycles. The zero-order chi connectivity index (χ0) is 15.9. The third-order valence-corrected chi connectivity index (χ3v) is 8.05. The van der Waals surface area contributed by atoms with Crippen LogP contribution in [0.2, 0.25) is 0 Å². The molecule has 0 radical (unpaired) electrons. The number of aliphatic hydroxyl groups excluding tert-OH is 1. The first-order chi connectivity index (χ1) is 10.4. The average molecular weight is 344 g/mol. The Morgan fingerprint density at radius 3 is 2.64 bits per heavy atom. The summed E-state index contributed by atoms with van der Waals surface area (Å²) in [6.07, 6.45) is -0.314. The highest BCUT2D eigenvalue weighted by atomic mass is 32.2. The SMILES string of the molecule is CC1(C)OCc2cc([C@@H](O)C3[S@](=O)CCC[S@]3=O)ccc2O1. The van der Waals surface area contributed by atoms with Crippen LogP contribution < -0.4 is 4.74 Å². The number of hydrogen-bond donors (Lipinski definition) is 1. The van der Waals surface area contributed by atoms with E-state index in [0.29, 0.717) is 30.1 Å². The van der Waals surface area contributed by atoms with Crippen molar-refractivity contribution in [2.75, 3.05) is 11.5 Å². The molecule has 2 aliphatic heterocycles. The van der Waals surface area contributed by atoms with E-state index in [4.69, 9.17) is 9.47 Å². The van der Waals surface area contributed by atoms with Crippen LogP contribution in [0.3, 0.4) is 0 Å². The van der Waals surface area contributed by atoms with E-state index in [-0.39, 0.29) is 0 Å². The lowest BCUT2D eigenvalue weighted by molar-refractivity contribution is -0.180. The van der Waals surface area contributed by atoms with Crippen molar-refractivity contribution < 1.29 is 23.0 Å². The van der Waals surface area contributed by atoms with Gasteiger partial charge in [-0.3, -0.25) is 8.42 Å². The Morgan fingerprint density at radius 1 is 1.27 bits per heavy atom. The van der Waals surface area contributed by atoms with Gasteiger partial charge in [-0.1, -0.05) is 6.07 Å². The van der Waals surface area contributed by atoms with Crippen LogP contribution in [0.4, 0.5) is 0 Å². The van der Waals surface area contributed by atoms with Crippen molar-refractivity contribution in [1.29, 1.82) is 0 Å². The molecule has 1 fully saturated rings. The lowest BCUT2D eigenvalue weighted by Gasteiger charge is -2.33. The Kier molecular flexibility index (Phi) is 4.42. The van der Waals surface area contributed by atoms with E-state index >= 15 is 0 Å². The molecule has 0 amide bonds. The number of ether oxygens (including phenoxy) is 2. The Labute approximate surface area is 134 Å². The molecule has 0 bridgehead atoms. The zero-order valence-corrected chi connectivity index (χ0v) is 14.2. The number of benzene rings is 1. The molecular weight excluding hydrogens is 324 g/mol. The molecule has 0 aliphatic carbocycles. The second-order valence-corrected chi connectivity index (χ2v) is 9.65. The third kappa shape index (κ3) is 3.13. The van der Waals surface area contributed by atoms with Gasteiger partial charge >= 0.3 is 0 Å². The smallest absolute Gasteiger partial charge is 0.205 e. The van der Waals surface area contributed by atoms with E-state index in [9.17, 15) is 13.5 Å². The molecule has 3 rings (SSSR count). The van der Waals surface area contributed by atoms with Crippen molar-refractivity contribution in [3.05, 3.63) is 29.3 Å². The first kappa shape index (κ1) is 16.1. The molecule has 7 heteroatoms. The molecule has 2 heterocycles. The summed E-state index contributed by atoms with van der Waals surface area (Å²) in [4.78, 5) is 0. The van der Waals surface area contributed by atoms with E-state index in [1.54, 1.807) is 18.2 Å². The Balaban J connectivity index is 1.86. The third-order valence-electron chi connectivity index (χ3n) is 3.82. The quantitative estimate of drug-likeness (QED) is 0.882. The molecule has 2 aliphatic rings. The summed E-state index contributed by atoms with van der Waals surface area (Å²) in [6, 6.07) is 5.32. The fraction of sp³-hybridized carbons (Fsp3) is 0.600. The molecule has 0 spiro atoms. The Hall–Kier alpha value is -0.760. The van der Waals surface area contributed by atoms with Crippen molar-refractivity contribution in [3.8, 4) is 5.75 Å². The maximum absolute atomic E-state index is 12.1. The van der Waals surface area contributed by atoms with Crippen LogP contribution in [0.5, 0.6) is 5.75 Å². The van der Waals surface area contributed by atoms with Gasteiger partial charge in [0.25, 0.3) is 0 Å². The van der Waals surface area contributed by atoms with Gasteiger partial charge < -0.3 is 14.6 Å². The predicted molar refractivity (Wildman–Crippen MR) is 85.3 cm³/mol. The monoisotopic (exact) mass is 344 g/mol. The summed E-state index contributed by atoms with van der Waals surface area (Å²) >= 11 is 0. The second kappa shape index (κ2) is 6.03. The minimum atomic E-state index is -1.27. The van der Waals surface area contributed by atoms with Crippen molar-refractivity contribution in [2.24, 2.45) is 0 Å². The minimum absolute atomic E-state index is 0.389. The van der Waals surface area contributed by atoms with Crippen molar-refractivity contribution >= 4 is 21.6 Å². The van der Waals surface area contributed by atoms with Crippen LogP contribution in [-0.2, 0) is 32.9 Å². The highest BCUT2D eigenvalue weighted by Gasteiger charge is 2.36. The zero-order valence-electron chi connectivity index (χ0n) is 12.6. The van der Waals surface area contributed by atoms with Crippen LogP contribution in [0.15, 0.2) is 18.2 Å². The molecule has 3 atom stereocenters. The Bertz CT molecular complexity index is 612. The van der Waals surface area contributed by atoms with Crippen molar-refractivity contribution in [3.63, 3.8) is 0 Å². The summed E-state index contributed by atoms with van der Waals surface area (Å²) in [7, 11) is -2.53. The van der Waals surface area contributed by atoms with Gasteiger partial charge in [0.15, 0.2) is 0 Å². The molecule has 1 saturated heterocycles. The topological polar surface area (TPSA) is 72.8 Å². The van der Waals surface area contributed by atoms with Gasteiger partial charge in [0.2, 0.25) is 5.79 Å². The molecule has 122 valence electrons. The number of aliphatic hydroxyl groups is 1. The summed E-state index contributed by atoms with van der Waals surface area (Å²) < 4.78 is 34.8. The van der Waals surface area contributed by atoms with Crippen LogP contribution in [0, 0.1) is 0 Å². The van der Waals surface area contributed by atoms with E-state index < -0.39 is 38.1 Å². The van der Waals surface area contributed by atoms with Crippen LogP contribution in [0.25, 0.3) is 0 Å². The van der Waals surface area contributed by atoms with Crippen molar-refractivity contribution in [2.45, 2.75) is 43.3 Å². The van der Waals surface area contributed by atoms with Gasteiger partial charge in [0.05, 0.1) is 6.61 Å². The summed E-state index contributed by atoms with van der Waals surface area (Å²) in [5.41, 5.74) is 1.45. The standard InChI is InChI=1S/C15H20O5S2/c1-15(2)19-9-11-8-10(4-5-12(11)20-15)13(16)14-21(17)6-3-7-22(14)18/h4-5,8,13-14,16H,3,6-7,9H2,1-2H3/t13-,21-,22-/m1/s1.